The normalized spacial score (nSPS) is 13.6. The van der Waals surface area contributed by atoms with E-state index < -0.39 is 0 Å². The van der Waals surface area contributed by atoms with Crippen LogP contribution in [0.15, 0.2) is 36.7 Å². The van der Waals surface area contributed by atoms with Gasteiger partial charge in [0, 0.05) is 36.5 Å². The van der Waals surface area contributed by atoms with Gasteiger partial charge < -0.3 is 10.6 Å². The van der Waals surface area contributed by atoms with Crippen molar-refractivity contribution in [1.29, 1.82) is 0 Å². The van der Waals surface area contributed by atoms with E-state index in [0.29, 0.717) is 13.0 Å². The number of hydrogen-bond donors (Lipinski definition) is 2. The largest absolute Gasteiger partial charge is 0.326 e. The highest BCUT2D eigenvalue weighted by molar-refractivity contribution is 5.95. The minimum atomic E-state index is -0.0621. The van der Waals surface area contributed by atoms with Gasteiger partial charge in [-0.25, -0.2) is 0 Å². The Morgan fingerprint density at radius 2 is 1.83 bits per heavy atom. The summed E-state index contributed by atoms with van der Waals surface area (Å²) in [6.45, 7) is 2.52. The second-order valence-corrected chi connectivity index (χ2v) is 5.92. The first kappa shape index (κ1) is 15.3. The van der Waals surface area contributed by atoms with E-state index in [9.17, 15) is 9.59 Å². The Hall–Kier alpha value is -2.63. The molecule has 6 heteroatoms. The maximum absolute atomic E-state index is 11.9. The number of aromatic nitrogens is 2. The fourth-order valence-electron chi connectivity index (χ4n) is 2.26. The van der Waals surface area contributed by atoms with Crippen LogP contribution in [0.2, 0.25) is 0 Å². The van der Waals surface area contributed by atoms with Crippen LogP contribution in [0.3, 0.4) is 0 Å². The summed E-state index contributed by atoms with van der Waals surface area (Å²) in [4.78, 5) is 23.6. The first-order valence-corrected chi connectivity index (χ1v) is 7.80. The molecule has 1 heterocycles. The highest BCUT2D eigenvalue weighted by Crippen LogP contribution is 2.30. The molecule has 0 atom stereocenters. The Morgan fingerprint density at radius 3 is 2.39 bits per heavy atom. The fraction of sp³-hybridized carbons (Fsp3) is 0.353. The Morgan fingerprint density at radius 1 is 1.17 bits per heavy atom. The molecule has 0 radical (unpaired) electrons. The molecule has 1 fully saturated rings. The number of amides is 2. The number of nitrogens with one attached hydrogen (secondary N) is 2. The van der Waals surface area contributed by atoms with Crippen LogP contribution < -0.4 is 10.6 Å². The van der Waals surface area contributed by atoms with Crippen LogP contribution in [-0.2, 0) is 16.1 Å². The van der Waals surface area contributed by atoms with Gasteiger partial charge in [0.05, 0.1) is 6.20 Å². The van der Waals surface area contributed by atoms with Crippen molar-refractivity contribution in [2.45, 2.75) is 32.7 Å². The predicted molar refractivity (Wildman–Crippen MR) is 88.0 cm³/mol. The molecule has 2 N–H and O–H groups in total. The number of aryl methyl sites for hydroxylation is 2. The van der Waals surface area contributed by atoms with Gasteiger partial charge in [0.15, 0.2) is 0 Å². The van der Waals surface area contributed by atoms with Crippen LogP contribution in [0.1, 0.15) is 24.8 Å². The summed E-state index contributed by atoms with van der Waals surface area (Å²) in [5, 5.41) is 9.86. The minimum Gasteiger partial charge on any atom is -0.326 e. The molecule has 1 aromatic heterocycles. The average molecular weight is 312 g/mol. The van der Waals surface area contributed by atoms with Crippen LogP contribution in [0, 0.1) is 12.8 Å². The highest BCUT2D eigenvalue weighted by atomic mass is 16.2. The first-order chi connectivity index (χ1) is 11.1. The maximum atomic E-state index is 11.9. The van der Waals surface area contributed by atoms with E-state index in [-0.39, 0.29) is 17.7 Å². The summed E-state index contributed by atoms with van der Waals surface area (Å²) in [6.07, 6.45) is 6.00. The second kappa shape index (κ2) is 6.64. The second-order valence-electron chi connectivity index (χ2n) is 5.92. The molecule has 23 heavy (non-hydrogen) atoms. The minimum absolute atomic E-state index is 0.0621. The number of carbonyl (C=O) groups excluding carboxylic acids is 2. The van der Waals surface area contributed by atoms with Gasteiger partial charge in [-0.3, -0.25) is 14.3 Å². The average Bonchev–Trinajstić information content (AvgIpc) is 3.30. The number of benzene rings is 1. The van der Waals surface area contributed by atoms with Crippen molar-refractivity contribution in [3.05, 3.63) is 42.2 Å². The molecule has 1 aromatic carbocycles. The van der Waals surface area contributed by atoms with Gasteiger partial charge in [0.2, 0.25) is 11.8 Å². The topological polar surface area (TPSA) is 76.0 Å². The number of rotatable bonds is 6. The predicted octanol–water partition coefficient (Wildman–Crippen LogP) is 2.57. The van der Waals surface area contributed by atoms with Crippen molar-refractivity contribution in [3.8, 4) is 0 Å². The van der Waals surface area contributed by atoms with E-state index in [4.69, 9.17) is 0 Å². The quantitative estimate of drug-likeness (QED) is 0.860. The van der Waals surface area contributed by atoms with Gasteiger partial charge in [-0.15, -0.1) is 0 Å². The summed E-state index contributed by atoms with van der Waals surface area (Å²) in [7, 11) is 0. The summed E-state index contributed by atoms with van der Waals surface area (Å²) < 4.78 is 1.76. The Bertz CT molecular complexity index is 702. The van der Waals surface area contributed by atoms with E-state index in [1.165, 1.54) is 0 Å². The third-order valence-electron chi connectivity index (χ3n) is 3.71. The zero-order chi connectivity index (χ0) is 16.2. The summed E-state index contributed by atoms with van der Waals surface area (Å²) in [5.74, 6) is 0.199. The molecular weight excluding hydrogens is 292 g/mol. The molecule has 1 aliphatic carbocycles. The highest BCUT2D eigenvalue weighted by Gasteiger charge is 2.29. The molecule has 6 nitrogen and oxygen atoms in total. The lowest BCUT2D eigenvalue weighted by Crippen LogP contribution is -2.15. The Kier molecular flexibility index (Phi) is 4.41. The van der Waals surface area contributed by atoms with E-state index >= 15 is 0 Å². The summed E-state index contributed by atoms with van der Waals surface area (Å²) >= 11 is 0. The van der Waals surface area contributed by atoms with Crippen molar-refractivity contribution in [2.75, 3.05) is 10.6 Å². The van der Waals surface area contributed by atoms with E-state index in [2.05, 4.69) is 15.7 Å². The molecule has 0 saturated heterocycles. The molecule has 3 rings (SSSR count). The molecule has 2 aromatic rings. The van der Waals surface area contributed by atoms with Crippen molar-refractivity contribution in [3.63, 3.8) is 0 Å². The van der Waals surface area contributed by atoms with Gasteiger partial charge >= 0.3 is 0 Å². The fourth-order valence-corrected chi connectivity index (χ4v) is 2.26. The molecule has 0 unspecified atom stereocenters. The smallest absolute Gasteiger partial charge is 0.227 e. The van der Waals surface area contributed by atoms with Crippen molar-refractivity contribution < 1.29 is 9.59 Å². The van der Waals surface area contributed by atoms with Gasteiger partial charge in [0.25, 0.3) is 0 Å². The van der Waals surface area contributed by atoms with E-state index in [1.54, 1.807) is 35.1 Å². The molecule has 0 spiro atoms. The molecule has 1 saturated carbocycles. The van der Waals surface area contributed by atoms with Crippen LogP contribution in [-0.4, -0.2) is 21.6 Å². The molecular formula is C17H20N4O2. The van der Waals surface area contributed by atoms with E-state index in [1.807, 2.05) is 13.1 Å². The zero-order valence-electron chi connectivity index (χ0n) is 13.1. The molecule has 2 amide bonds. The Balaban J connectivity index is 1.47. The van der Waals surface area contributed by atoms with Crippen LogP contribution in [0.5, 0.6) is 0 Å². The summed E-state index contributed by atoms with van der Waals surface area (Å²) in [5.41, 5.74) is 2.55. The van der Waals surface area contributed by atoms with Crippen molar-refractivity contribution in [1.82, 2.24) is 9.78 Å². The molecule has 0 bridgehead atoms. The standard InChI is InChI=1S/C17H20N4O2/c1-12-10-18-21(11-12)9-8-16(22)19-14-4-6-15(7-5-14)20-17(23)13-2-3-13/h4-7,10-11,13H,2-3,8-9H2,1H3,(H,19,22)(H,20,23). The lowest BCUT2D eigenvalue weighted by Gasteiger charge is -2.08. The van der Waals surface area contributed by atoms with Crippen LogP contribution in [0.25, 0.3) is 0 Å². The third-order valence-corrected chi connectivity index (χ3v) is 3.71. The van der Waals surface area contributed by atoms with Gasteiger partial charge in [-0.2, -0.15) is 5.10 Å². The van der Waals surface area contributed by atoms with Crippen molar-refractivity contribution >= 4 is 23.2 Å². The lowest BCUT2D eigenvalue weighted by atomic mass is 10.2. The summed E-state index contributed by atoms with van der Waals surface area (Å²) in [6, 6.07) is 7.18. The SMILES string of the molecule is Cc1cnn(CCC(=O)Nc2ccc(NC(=O)C3CC3)cc2)c1. The van der Waals surface area contributed by atoms with Gasteiger partial charge in [-0.1, -0.05) is 0 Å². The number of carbonyl (C=O) groups is 2. The zero-order valence-corrected chi connectivity index (χ0v) is 13.1. The number of nitrogens with zero attached hydrogens (tertiary/aromatic N) is 2. The van der Waals surface area contributed by atoms with Gasteiger partial charge in [0.1, 0.15) is 0 Å². The lowest BCUT2D eigenvalue weighted by molar-refractivity contribution is -0.117. The van der Waals surface area contributed by atoms with E-state index in [0.717, 1.165) is 29.8 Å². The number of hydrogen-bond acceptors (Lipinski definition) is 3. The number of anilines is 2. The van der Waals surface area contributed by atoms with Gasteiger partial charge in [-0.05, 0) is 49.6 Å². The van der Waals surface area contributed by atoms with Crippen LogP contribution in [0.4, 0.5) is 11.4 Å². The van der Waals surface area contributed by atoms with Crippen molar-refractivity contribution in [2.24, 2.45) is 5.92 Å². The first-order valence-electron chi connectivity index (χ1n) is 7.80. The molecule has 0 aliphatic heterocycles. The molecule has 120 valence electrons. The van der Waals surface area contributed by atoms with Crippen LogP contribution >= 0.6 is 0 Å². The maximum Gasteiger partial charge on any atom is 0.227 e. The molecule has 1 aliphatic rings. The third kappa shape index (κ3) is 4.42. The monoisotopic (exact) mass is 312 g/mol. The Labute approximate surface area is 134 Å².